The molecule has 1 aromatic carbocycles. The summed E-state index contributed by atoms with van der Waals surface area (Å²) < 4.78 is 13.7. The fourth-order valence-electron chi connectivity index (χ4n) is 1.43. The molecule has 0 unspecified atom stereocenters. The van der Waals surface area contributed by atoms with Crippen LogP contribution in [-0.2, 0) is 4.79 Å². The molecule has 5 heteroatoms. The number of halogens is 2. The third kappa shape index (κ3) is 4.34. The SMILES string of the molecule is CCNC(=O)CCNc1cc(F)c(Br)cc1C. The highest BCUT2D eigenvalue weighted by Gasteiger charge is 2.05. The smallest absolute Gasteiger partial charge is 0.221 e. The van der Waals surface area contributed by atoms with E-state index in [-0.39, 0.29) is 11.7 Å². The van der Waals surface area contributed by atoms with Crippen molar-refractivity contribution in [2.24, 2.45) is 0 Å². The molecule has 2 N–H and O–H groups in total. The second-order valence-corrected chi connectivity index (χ2v) is 4.57. The molecule has 1 rings (SSSR count). The van der Waals surface area contributed by atoms with E-state index in [1.807, 2.05) is 13.8 Å². The number of hydrogen-bond donors (Lipinski definition) is 2. The molecule has 3 nitrogen and oxygen atoms in total. The summed E-state index contributed by atoms with van der Waals surface area (Å²) in [7, 11) is 0. The Morgan fingerprint density at radius 1 is 1.47 bits per heavy atom. The Labute approximate surface area is 109 Å². The molecule has 0 aliphatic carbocycles. The highest BCUT2D eigenvalue weighted by Crippen LogP contribution is 2.23. The molecule has 0 fully saturated rings. The van der Waals surface area contributed by atoms with Crippen molar-refractivity contribution in [3.63, 3.8) is 0 Å². The minimum absolute atomic E-state index is 0.00441. The van der Waals surface area contributed by atoms with Crippen molar-refractivity contribution in [3.8, 4) is 0 Å². The zero-order valence-corrected chi connectivity index (χ0v) is 11.5. The van der Waals surface area contributed by atoms with E-state index >= 15 is 0 Å². The summed E-state index contributed by atoms with van der Waals surface area (Å²) in [5.41, 5.74) is 1.66. The molecule has 0 aliphatic rings. The maximum atomic E-state index is 13.3. The van der Waals surface area contributed by atoms with Gasteiger partial charge in [-0.05, 0) is 47.5 Å². The first-order valence-corrected chi connectivity index (χ1v) is 6.30. The standard InChI is InChI=1S/C12H16BrFN2O/c1-3-15-12(17)4-5-16-11-7-10(14)9(13)6-8(11)2/h6-7,16H,3-5H2,1-2H3,(H,15,17). The van der Waals surface area contributed by atoms with Crippen LogP contribution in [0, 0.1) is 12.7 Å². The fourth-order valence-corrected chi connectivity index (χ4v) is 1.89. The lowest BCUT2D eigenvalue weighted by Gasteiger charge is -2.10. The minimum Gasteiger partial charge on any atom is -0.384 e. The van der Waals surface area contributed by atoms with Crippen LogP contribution >= 0.6 is 15.9 Å². The highest BCUT2D eigenvalue weighted by atomic mass is 79.9. The normalized spacial score (nSPS) is 10.1. The Kier molecular flexibility index (Phi) is 5.41. The second kappa shape index (κ2) is 6.59. The van der Waals surface area contributed by atoms with Crippen molar-refractivity contribution in [2.75, 3.05) is 18.4 Å². The Morgan fingerprint density at radius 2 is 2.18 bits per heavy atom. The van der Waals surface area contributed by atoms with Gasteiger partial charge in [0.05, 0.1) is 4.47 Å². The number of carbonyl (C=O) groups is 1. The molecule has 0 aromatic heterocycles. The topological polar surface area (TPSA) is 41.1 Å². The summed E-state index contributed by atoms with van der Waals surface area (Å²) in [6.45, 7) is 4.89. The zero-order valence-electron chi connectivity index (χ0n) is 9.94. The van der Waals surface area contributed by atoms with Gasteiger partial charge in [0.25, 0.3) is 0 Å². The lowest BCUT2D eigenvalue weighted by molar-refractivity contribution is -0.120. The predicted molar refractivity (Wildman–Crippen MR) is 70.6 cm³/mol. The molecule has 0 bridgehead atoms. The van der Waals surface area contributed by atoms with Gasteiger partial charge in [-0.15, -0.1) is 0 Å². The van der Waals surface area contributed by atoms with Crippen LogP contribution < -0.4 is 10.6 Å². The van der Waals surface area contributed by atoms with Crippen molar-refractivity contribution in [1.29, 1.82) is 0 Å². The van der Waals surface area contributed by atoms with E-state index in [0.717, 1.165) is 11.3 Å². The molecule has 17 heavy (non-hydrogen) atoms. The molecule has 0 saturated carbocycles. The van der Waals surface area contributed by atoms with E-state index in [0.29, 0.717) is 24.0 Å². The molecule has 0 radical (unpaired) electrons. The molecular weight excluding hydrogens is 287 g/mol. The predicted octanol–water partition coefficient (Wildman–Crippen LogP) is 2.83. The van der Waals surface area contributed by atoms with Gasteiger partial charge >= 0.3 is 0 Å². The van der Waals surface area contributed by atoms with Crippen LogP contribution in [0.25, 0.3) is 0 Å². The van der Waals surface area contributed by atoms with E-state index in [2.05, 4.69) is 26.6 Å². The van der Waals surface area contributed by atoms with Crippen molar-refractivity contribution in [3.05, 3.63) is 28.0 Å². The summed E-state index contributed by atoms with van der Waals surface area (Å²) in [5.74, 6) is -0.314. The quantitative estimate of drug-likeness (QED) is 0.878. The highest BCUT2D eigenvalue weighted by molar-refractivity contribution is 9.10. The van der Waals surface area contributed by atoms with E-state index in [1.165, 1.54) is 6.07 Å². The van der Waals surface area contributed by atoms with Gasteiger partial charge in [-0.3, -0.25) is 4.79 Å². The summed E-state index contributed by atoms with van der Waals surface area (Å²) in [6, 6.07) is 3.14. The minimum atomic E-state index is -0.309. The van der Waals surface area contributed by atoms with E-state index in [1.54, 1.807) is 6.07 Å². The van der Waals surface area contributed by atoms with Crippen LogP contribution in [0.5, 0.6) is 0 Å². The number of benzene rings is 1. The number of hydrogen-bond acceptors (Lipinski definition) is 2. The van der Waals surface area contributed by atoms with Gasteiger partial charge < -0.3 is 10.6 Å². The van der Waals surface area contributed by atoms with Crippen LogP contribution in [0.2, 0.25) is 0 Å². The van der Waals surface area contributed by atoms with Crippen LogP contribution in [0.3, 0.4) is 0 Å². The summed E-state index contributed by atoms with van der Waals surface area (Å²) >= 11 is 3.13. The lowest BCUT2D eigenvalue weighted by atomic mass is 10.2. The van der Waals surface area contributed by atoms with Gasteiger partial charge in [0.1, 0.15) is 5.82 Å². The van der Waals surface area contributed by atoms with E-state index in [9.17, 15) is 9.18 Å². The first-order valence-electron chi connectivity index (χ1n) is 5.50. The van der Waals surface area contributed by atoms with E-state index in [4.69, 9.17) is 0 Å². The van der Waals surface area contributed by atoms with Crippen molar-refractivity contribution >= 4 is 27.5 Å². The van der Waals surface area contributed by atoms with Gasteiger partial charge in [-0.1, -0.05) is 0 Å². The number of rotatable bonds is 5. The Hall–Kier alpha value is -1.10. The molecule has 0 heterocycles. The largest absolute Gasteiger partial charge is 0.384 e. The van der Waals surface area contributed by atoms with E-state index < -0.39 is 0 Å². The molecule has 94 valence electrons. The Morgan fingerprint density at radius 3 is 2.82 bits per heavy atom. The maximum absolute atomic E-state index is 13.3. The average molecular weight is 303 g/mol. The number of carbonyl (C=O) groups excluding carboxylic acids is 1. The molecule has 0 spiro atoms. The number of amides is 1. The first kappa shape index (κ1) is 14.0. The van der Waals surface area contributed by atoms with Crippen molar-refractivity contribution < 1.29 is 9.18 Å². The monoisotopic (exact) mass is 302 g/mol. The Bertz CT molecular complexity index is 410. The van der Waals surface area contributed by atoms with Crippen molar-refractivity contribution in [1.82, 2.24) is 5.32 Å². The summed E-state index contributed by atoms with van der Waals surface area (Å²) in [6.07, 6.45) is 0.380. The number of nitrogens with one attached hydrogen (secondary N) is 2. The summed E-state index contributed by atoms with van der Waals surface area (Å²) in [5, 5.41) is 5.76. The number of anilines is 1. The molecule has 0 aliphatic heterocycles. The lowest BCUT2D eigenvalue weighted by Crippen LogP contribution is -2.24. The molecule has 0 saturated heterocycles. The molecular formula is C12H16BrFN2O. The third-order valence-corrected chi connectivity index (χ3v) is 2.92. The first-order chi connectivity index (χ1) is 8.04. The maximum Gasteiger partial charge on any atom is 0.221 e. The van der Waals surface area contributed by atoms with Gasteiger partial charge in [0, 0.05) is 25.2 Å². The van der Waals surface area contributed by atoms with Crippen LogP contribution in [-0.4, -0.2) is 19.0 Å². The average Bonchev–Trinajstić information content (AvgIpc) is 2.26. The van der Waals surface area contributed by atoms with Gasteiger partial charge in [-0.2, -0.15) is 0 Å². The number of aryl methyl sites for hydroxylation is 1. The Balaban J connectivity index is 2.52. The fraction of sp³-hybridized carbons (Fsp3) is 0.417. The van der Waals surface area contributed by atoms with Gasteiger partial charge in [-0.25, -0.2) is 4.39 Å². The molecule has 1 aromatic rings. The zero-order chi connectivity index (χ0) is 12.8. The second-order valence-electron chi connectivity index (χ2n) is 3.71. The van der Waals surface area contributed by atoms with Gasteiger partial charge in [0.2, 0.25) is 5.91 Å². The third-order valence-electron chi connectivity index (χ3n) is 2.31. The van der Waals surface area contributed by atoms with Crippen LogP contribution in [0.15, 0.2) is 16.6 Å². The summed E-state index contributed by atoms with van der Waals surface area (Å²) in [4.78, 5) is 11.2. The van der Waals surface area contributed by atoms with Gasteiger partial charge in [0.15, 0.2) is 0 Å². The molecule has 0 atom stereocenters. The molecule has 1 amide bonds. The van der Waals surface area contributed by atoms with Crippen molar-refractivity contribution in [2.45, 2.75) is 20.3 Å². The van der Waals surface area contributed by atoms with Crippen LogP contribution in [0.1, 0.15) is 18.9 Å². The van der Waals surface area contributed by atoms with Crippen LogP contribution in [0.4, 0.5) is 10.1 Å².